The number of aromatic nitrogens is 4. The molecule has 3 rings (SSSR count). The number of rotatable bonds is 9. The molecular weight excluding hydrogens is 490 g/mol. The third-order valence-electron chi connectivity index (χ3n) is 4.29. The molecule has 14 heteroatoms. The van der Waals surface area contributed by atoms with Gasteiger partial charge in [-0.3, -0.25) is 9.59 Å². The van der Waals surface area contributed by atoms with Gasteiger partial charge in [-0.2, -0.15) is 9.67 Å². The first-order valence-corrected chi connectivity index (χ1v) is 10.0. The van der Waals surface area contributed by atoms with E-state index in [1.54, 1.807) is 31.2 Å². The quantitative estimate of drug-likeness (QED) is 0.247. The maximum Gasteiger partial charge on any atom is 0.404 e. The zero-order valence-corrected chi connectivity index (χ0v) is 18.6. The number of hydrogen-bond donors (Lipinski definition) is 2. The van der Waals surface area contributed by atoms with Gasteiger partial charge >= 0.3 is 17.6 Å². The summed E-state index contributed by atoms with van der Waals surface area (Å²) in [6, 6.07) is 6.77. The molecule has 3 aromatic rings. The highest BCUT2D eigenvalue weighted by Crippen LogP contribution is 2.27. The van der Waals surface area contributed by atoms with Gasteiger partial charge in [-0.15, -0.1) is 0 Å². The van der Waals surface area contributed by atoms with E-state index in [9.17, 15) is 19.7 Å². The first-order valence-electron chi connectivity index (χ1n) is 9.21. The zero-order chi connectivity index (χ0) is 23.3. The number of halogens is 1. The lowest BCUT2D eigenvalue weighted by molar-refractivity contribution is -0.390. The van der Waals surface area contributed by atoms with Crippen LogP contribution in [0.5, 0.6) is 5.75 Å². The van der Waals surface area contributed by atoms with Crippen molar-refractivity contribution in [1.82, 2.24) is 30.6 Å². The van der Waals surface area contributed by atoms with E-state index in [-0.39, 0.29) is 47.5 Å². The molecule has 2 heterocycles. The summed E-state index contributed by atoms with van der Waals surface area (Å²) in [6.45, 7) is 1.89. The molecule has 0 spiro atoms. The first kappa shape index (κ1) is 22.9. The number of ether oxygens (including phenoxy) is 1. The molecule has 168 valence electrons. The van der Waals surface area contributed by atoms with Gasteiger partial charge < -0.3 is 30.0 Å². The first-order chi connectivity index (χ1) is 15.3. The zero-order valence-electron chi connectivity index (χ0n) is 17.0. The summed E-state index contributed by atoms with van der Waals surface area (Å²) in [7, 11) is 1.47. The Labute approximate surface area is 189 Å². The third-order valence-corrected chi connectivity index (χ3v) is 5.22. The summed E-state index contributed by atoms with van der Waals surface area (Å²) < 4.78 is 11.6. The van der Waals surface area contributed by atoms with Gasteiger partial charge in [0.1, 0.15) is 16.8 Å². The van der Waals surface area contributed by atoms with E-state index < -0.39 is 10.8 Å². The van der Waals surface area contributed by atoms with Crippen LogP contribution in [0.1, 0.15) is 32.6 Å². The predicted octanol–water partition coefficient (Wildman–Crippen LogP) is 1.46. The van der Waals surface area contributed by atoms with Crippen LogP contribution in [0.25, 0.3) is 0 Å². The van der Waals surface area contributed by atoms with Crippen molar-refractivity contribution >= 4 is 33.6 Å². The second kappa shape index (κ2) is 10.00. The van der Waals surface area contributed by atoms with Crippen LogP contribution in [-0.2, 0) is 6.54 Å². The maximum atomic E-state index is 12.2. The molecule has 0 aliphatic heterocycles. The lowest BCUT2D eigenvalue weighted by atomic mass is 10.2. The van der Waals surface area contributed by atoms with Crippen LogP contribution < -0.4 is 15.4 Å². The predicted molar refractivity (Wildman–Crippen MR) is 112 cm³/mol. The second-order valence-corrected chi connectivity index (χ2v) is 7.16. The SMILES string of the molecule is COc1ccccc1C(=O)NCCNC(=O)c1nc(Cn2nc([N+](=O)[O-])c(Br)c2C)no1. The maximum absolute atomic E-state index is 12.2. The van der Waals surface area contributed by atoms with Gasteiger partial charge in [-0.25, -0.2) is 0 Å². The Morgan fingerprint density at radius 3 is 2.59 bits per heavy atom. The van der Waals surface area contributed by atoms with Crippen LogP contribution in [-0.4, -0.2) is 56.9 Å². The van der Waals surface area contributed by atoms with Gasteiger partial charge in [0.25, 0.3) is 5.91 Å². The van der Waals surface area contributed by atoms with Crippen LogP contribution >= 0.6 is 15.9 Å². The summed E-state index contributed by atoms with van der Waals surface area (Å²) in [4.78, 5) is 38.7. The Morgan fingerprint density at radius 1 is 1.25 bits per heavy atom. The van der Waals surface area contributed by atoms with Gasteiger partial charge in [-0.05, 0) is 39.9 Å². The molecule has 0 unspecified atom stereocenters. The van der Waals surface area contributed by atoms with Crippen molar-refractivity contribution < 1.29 is 23.8 Å². The van der Waals surface area contributed by atoms with Gasteiger partial charge in [-0.1, -0.05) is 17.3 Å². The largest absolute Gasteiger partial charge is 0.496 e. The van der Waals surface area contributed by atoms with Crippen molar-refractivity contribution in [3.8, 4) is 5.75 Å². The molecule has 0 aliphatic rings. The van der Waals surface area contributed by atoms with E-state index >= 15 is 0 Å². The number of nitrogens with one attached hydrogen (secondary N) is 2. The standard InChI is InChI=1S/C18H18BrN7O6/c1-10-14(19)15(26(29)30)23-25(10)9-13-22-18(32-24-13)17(28)21-8-7-20-16(27)11-5-3-4-6-12(11)31-2/h3-6H,7-9H2,1-2H3,(H,20,27)(H,21,28). The molecule has 0 atom stereocenters. The summed E-state index contributed by atoms with van der Waals surface area (Å²) >= 11 is 3.12. The molecule has 2 aromatic heterocycles. The average molecular weight is 508 g/mol. The number of methoxy groups -OCH3 is 1. The van der Waals surface area contributed by atoms with Crippen molar-refractivity contribution in [2.75, 3.05) is 20.2 Å². The number of hydrogen-bond acceptors (Lipinski definition) is 9. The number of nitro groups is 1. The van der Waals surface area contributed by atoms with Gasteiger partial charge in [0.2, 0.25) is 0 Å². The molecule has 13 nitrogen and oxygen atoms in total. The summed E-state index contributed by atoms with van der Waals surface area (Å²) in [5, 5.41) is 23.8. The van der Waals surface area contributed by atoms with Crippen LogP contribution in [0, 0.1) is 17.0 Å². The van der Waals surface area contributed by atoms with Crippen molar-refractivity contribution in [3.63, 3.8) is 0 Å². The molecule has 0 saturated carbocycles. The highest BCUT2D eigenvalue weighted by atomic mass is 79.9. The van der Waals surface area contributed by atoms with Crippen LogP contribution in [0.2, 0.25) is 0 Å². The summed E-state index contributed by atoms with van der Waals surface area (Å²) in [5.74, 6) is -1.02. The highest BCUT2D eigenvalue weighted by molar-refractivity contribution is 9.10. The average Bonchev–Trinajstić information content (AvgIpc) is 3.37. The minimum atomic E-state index is -0.625. The minimum Gasteiger partial charge on any atom is -0.496 e. The normalized spacial score (nSPS) is 10.6. The second-order valence-electron chi connectivity index (χ2n) is 6.37. The Kier molecular flexibility index (Phi) is 7.14. The number of nitrogens with zero attached hydrogens (tertiary/aromatic N) is 5. The molecule has 2 N–H and O–H groups in total. The summed E-state index contributed by atoms with van der Waals surface area (Å²) in [5.41, 5.74) is 0.877. The summed E-state index contributed by atoms with van der Waals surface area (Å²) in [6.07, 6.45) is 0. The molecule has 0 radical (unpaired) electrons. The van der Waals surface area contributed by atoms with E-state index in [4.69, 9.17) is 9.26 Å². The van der Waals surface area contributed by atoms with E-state index in [0.717, 1.165) is 0 Å². The smallest absolute Gasteiger partial charge is 0.404 e. The minimum absolute atomic E-state index is 0.0238. The number of para-hydroxylation sites is 1. The Bertz CT molecular complexity index is 1160. The number of carbonyl (C=O) groups is 2. The van der Waals surface area contributed by atoms with Gasteiger partial charge in [0.05, 0.1) is 23.5 Å². The molecule has 0 fully saturated rings. The highest BCUT2D eigenvalue weighted by Gasteiger charge is 2.25. The van der Waals surface area contributed by atoms with E-state index in [1.165, 1.54) is 11.8 Å². The fourth-order valence-electron chi connectivity index (χ4n) is 2.68. The molecular formula is C18H18BrN7O6. The fourth-order valence-corrected chi connectivity index (χ4v) is 3.11. The molecule has 0 aliphatic carbocycles. The Balaban J connectivity index is 1.51. The van der Waals surface area contributed by atoms with Crippen molar-refractivity contribution in [2.24, 2.45) is 0 Å². The Hall–Kier alpha value is -3.81. The third kappa shape index (κ3) is 5.08. The fraction of sp³-hybridized carbons (Fsp3) is 0.278. The van der Waals surface area contributed by atoms with E-state index in [0.29, 0.717) is 17.0 Å². The van der Waals surface area contributed by atoms with Crippen molar-refractivity contribution in [1.29, 1.82) is 0 Å². The topological polar surface area (TPSA) is 167 Å². The molecule has 1 aromatic carbocycles. The van der Waals surface area contributed by atoms with Crippen LogP contribution in [0.15, 0.2) is 33.3 Å². The van der Waals surface area contributed by atoms with Crippen LogP contribution in [0.4, 0.5) is 5.82 Å². The van der Waals surface area contributed by atoms with Gasteiger partial charge in [0.15, 0.2) is 5.82 Å². The van der Waals surface area contributed by atoms with E-state index in [2.05, 4.69) is 41.8 Å². The van der Waals surface area contributed by atoms with Crippen molar-refractivity contribution in [3.05, 3.63) is 61.8 Å². The van der Waals surface area contributed by atoms with Gasteiger partial charge in [0, 0.05) is 13.1 Å². The molecule has 0 saturated heterocycles. The van der Waals surface area contributed by atoms with E-state index in [1.807, 2.05) is 0 Å². The van der Waals surface area contributed by atoms with Crippen molar-refractivity contribution in [2.45, 2.75) is 13.5 Å². The lowest BCUT2D eigenvalue weighted by Crippen LogP contribution is -2.35. The number of amides is 2. The molecule has 0 bridgehead atoms. The number of carbonyl (C=O) groups excluding carboxylic acids is 2. The molecule has 32 heavy (non-hydrogen) atoms. The van der Waals surface area contributed by atoms with Crippen LogP contribution in [0.3, 0.4) is 0 Å². The lowest BCUT2D eigenvalue weighted by Gasteiger charge is -2.09. The number of benzene rings is 1. The Morgan fingerprint density at radius 2 is 1.94 bits per heavy atom. The monoisotopic (exact) mass is 507 g/mol. The molecule has 2 amide bonds.